The zero-order valence-corrected chi connectivity index (χ0v) is 22.3. The number of benzene rings is 3. The lowest BCUT2D eigenvalue weighted by Gasteiger charge is -2.28. The molecule has 0 aromatic heterocycles. The van der Waals surface area contributed by atoms with E-state index in [-0.39, 0.29) is 49.0 Å². The van der Waals surface area contributed by atoms with Crippen molar-refractivity contribution in [3.05, 3.63) is 100 Å². The van der Waals surface area contributed by atoms with Crippen LogP contribution in [0.15, 0.2) is 48.6 Å². The summed E-state index contributed by atoms with van der Waals surface area (Å²) in [5, 5.41) is 0. The average Bonchev–Trinajstić information content (AvgIpc) is 2.89. The molecule has 3 aromatic rings. The molecule has 0 aliphatic carbocycles. The molecule has 1 aliphatic heterocycles. The fourth-order valence-corrected chi connectivity index (χ4v) is 4.07. The minimum Gasteiger partial charge on any atom is -0.429 e. The molecule has 0 bridgehead atoms. The van der Waals surface area contributed by atoms with Crippen molar-refractivity contribution in [3.8, 4) is 17.2 Å². The van der Waals surface area contributed by atoms with Gasteiger partial charge in [-0.25, -0.2) is 31.1 Å². The van der Waals surface area contributed by atoms with Crippen molar-refractivity contribution in [2.75, 3.05) is 13.2 Å². The van der Waals surface area contributed by atoms with Gasteiger partial charge in [-0.15, -0.1) is 13.2 Å². The third-order valence-electron chi connectivity index (χ3n) is 5.88. The summed E-state index contributed by atoms with van der Waals surface area (Å²) in [7, 11) is 0. The molecule has 0 atom stereocenters. The van der Waals surface area contributed by atoms with E-state index in [1.54, 1.807) is 19.1 Å². The van der Waals surface area contributed by atoms with Crippen LogP contribution in [0, 0.1) is 40.8 Å². The molecule has 0 amide bonds. The monoisotopic (exact) mass is 658 g/mol. The van der Waals surface area contributed by atoms with Gasteiger partial charge in [0.15, 0.2) is 17.9 Å². The van der Waals surface area contributed by atoms with Crippen LogP contribution in [0.25, 0.3) is 0 Å². The van der Waals surface area contributed by atoms with Gasteiger partial charge in [0, 0.05) is 35.7 Å². The standard InChI is InChI=1S/C28H17F11O6/c1-2-3-12-10-41-26(42-11-12)13-4-18(31)23(19(32)5-13)27(35,36)44-15-8-16(29)22(17(30)9-15)25(40)43-14-6-20(33)24(21(34)7-14)45-28(37,38)39/h2-9,12,26H,10-11H2,1H3/b3-2+. The highest BCUT2D eigenvalue weighted by Crippen LogP contribution is 2.38. The molecule has 0 N–H and O–H groups in total. The normalized spacial score (nSPS) is 17.4. The van der Waals surface area contributed by atoms with Gasteiger partial charge in [-0.3, -0.25) is 0 Å². The first kappa shape index (κ1) is 33.5. The van der Waals surface area contributed by atoms with Gasteiger partial charge in [0.1, 0.15) is 45.9 Å². The summed E-state index contributed by atoms with van der Waals surface area (Å²) in [4.78, 5) is 12.2. The molecule has 0 unspecified atom stereocenters. The second kappa shape index (κ2) is 12.9. The van der Waals surface area contributed by atoms with Crippen molar-refractivity contribution in [2.45, 2.75) is 25.7 Å². The molecular formula is C28H17F11O6. The Bertz CT molecular complexity index is 1550. The smallest absolute Gasteiger partial charge is 0.429 e. The molecule has 0 spiro atoms. The van der Waals surface area contributed by atoms with Crippen LogP contribution in [0.2, 0.25) is 0 Å². The second-order valence-electron chi connectivity index (χ2n) is 9.18. The maximum Gasteiger partial charge on any atom is 0.573 e. The van der Waals surface area contributed by atoms with Gasteiger partial charge < -0.3 is 23.7 Å². The minimum absolute atomic E-state index is 0.00404. The molecule has 3 aromatic carbocycles. The predicted octanol–water partition coefficient (Wildman–Crippen LogP) is 8.01. The molecule has 0 saturated carbocycles. The first-order valence-electron chi connectivity index (χ1n) is 12.4. The largest absolute Gasteiger partial charge is 0.573 e. The van der Waals surface area contributed by atoms with E-state index in [2.05, 4.69) is 14.2 Å². The number of ether oxygens (including phenoxy) is 5. The molecule has 1 aliphatic rings. The third kappa shape index (κ3) is 7.83. The fraction of sp³-hybridized carbons (Fsp3) is 0.250. The van der Waals surface area contributed by atoms with Gasteiger partial charge in [-0.1, -0.05) is 12.2 Å². The van der Waals surface area contributed by atoms with Gasteiger partial charge in [0.05, 0.1) is 13.2 Å². The van der Waals surface area contributed by atoms with Crippen LogP contribution in [0.1, 0.15) is 34.7 Å². The number of esters is 1. The molecule has 1 saturated heterocycles. The average molecular weight is 658 g/mol. The minimum atomic E-state index is -5.50. The Balaban J connectivity index is 1.51. The van der Waals surface area contributed by atoms with E-state index in [1.807, 2.05) is 0 Å². The van der Waals surface area contributed by atoms with Crippen molar-refractivity contribution in [1.29, 1.82) is 0 Å². The summed E-state index contributed by atoms with van der Waals surface area (Å²) in [5.74, 6) is -18.2. The van der Waals surface area contributed by atoms with Crippen molar-refractivity contribution in [3.63, 3.8) is 0 Å². The number of hydrogen-bond donors (Lipinski definition) is 0. The molecule has 6 nitrogen and oxygen atoms in total. The van der Waals surface area contributed by atoms with E-state index in [0.717, 1.165) is 0 Å². The molecular weight excluding hydrogens is 641 g/mol. The molecule has 1 heterocycles. The highest BCUT2D eigenvalue weighted by atomic mass is 19.4. The molecule has 242 valence electrons. The Labute approximate surface area is 245 Å². The van der Waals surface area contributed by atoms with Crippen molar-refractivity contribution < 1.29 is 76.8 Å². The van der Waals surface area contributed by atoms with Gasteiger partial charge in [-0.05, 0) is 19.1 Å². The van der Waals surface area contributed by atoms with Crippen LogP contribution in [-0.2, 0) is 15.6 Å². The first-order chi connectivity index (χ1) is 21.0. The molecule has 4 rings (SSSR count). The Morgan fingerprint density at radius 1 is 0.756 bits per heavy atom. The highest BCUT2D eigenvalue weighted by molar-refractivity contribution is 5.91. The first-order valence-corrected chi connectivity index (χ1v) is 12.4. The van der Waals surface area contributed by atoms with Crippen molar-refractivity contribution in [1.82, 2.24) is 0 Å². The lowest BCUT2D eigenvalue weighted by atomic mass is 10.1. The van der Waals surface area contributed by atoms with Gasteiger partial charge in [-0.2, -0.15) is 8.78 Å². The van der Waals surface area contributed by atoms with Gasteiger partial charge >= 0.3 is 18.4 Å². The van der Waals surface area contributed by atoms with Gasteiger partial charge in [0.2, 0.25) is 5.75 Å². The van der Waals surface area contributed by atoms with E-state index in [1.165, 1.54) is 0 Å². The molecule has 0 radical (unpaired) electrons. The predicted molar refractivity (Wildman–Crippen MR) is 128 cm³/mol. The van der Waals surface area contributed by atoms with E-state index >= 15 is 0 Å². The molecule has 45 heavy (non-hydrogen) atoms. The number of allylic oxidation sites excluding steroid dienone is 1. The Kier molecular flexibility index (Phi) is 9.62. The maximum atomic E-state index is 14.8. The van der Waals surface area contributed by atoms with Crippen LogP contribution in [0.4, 0.5) is 48.3 Å². The van der Waals surface area contributed by atoms with E-state index in [4.69, 9.17) is 9.47 Å². The summed E-state index contributed by atoms with van der Waals surface area (Å²) in [5.41, 5.74) is -3.85. The summed E-state index contributed by atoms with van der Waals surface area (Å²) in [6.45, 7) is 1.97. The number of hydrogen-bond acceptors (Lipinski definition) is 6. The van der Waals surface area contributed by atoms with E-state index in [0.29, 0.717) is 12.1 Å². The zero-order valence-electron chi connectivity index (χ0n) is 22.3. The van der Waals surface area contributed by atoms with E-state index in [9.17, 15) is 53.1 Å². The Morgan fingerprint density at radius 3 is 1.76 bits per heavy atom. The van der Waals surface area contributed by atoms with Crippen LogP contribution in [0.3, 0.4) is 0 Å². The van der Waals surface area contributed by atoms with Gasteiger partial charge in [0.25, 0.3) is 0 Å². The van der Waals surface area contributed by atoms with E-state index < -0.39 is 88.0 Å². The van der Waals surface area contributed by atoms with Crippen LogP contribution in [-0.4, -0.2) is 25.5 Å². The second-order valence-corrected chi connectivity index (χ2v) is 9.18. The maximum absolute atomic E-state index is 14.8. The summed E-state index contributed by atoms with van der Waals surface area (Å²) >= 11 is 0. The highest BCUT2D eigenvalue weighted by Gasteiger charge is 2.42. The Hall–Kier alpha value is -4.38. The SMILES string of the molecule is C/C=C/C1COC(c2cc(F)c(C(F)(F)Oc3cc(F)c(C(=O)Oc4cc(F)c(OC(F)(F)F)c(F)c4)c(F)c3)c(F)c2)OC1. The topological polar surface area (TPSA) is 63.2 Å². The number of rotatable bonds is 8. The third-order valence-corrected chi connectivity index (χ3v) is 5.88. The number of carbonyl (C=O) groups excluding carboxylic acids is 1. The molecule has 17 heteroatoms. The summed E-state index contributed by atoms with van der Waals surface area (Å²) in [6, 6.07) is 1.04. The number of halogens is 11. The van der Waals surface area contributed by atoms with Crippen molar-refractivity contribution >= 4 is 5.97 Å². The van der Waals surface area contributed by atoms with Crippen LogP contribution in [0.5, 0.6) is 17.2 Å². The van der Waals surface area contributed by atoms with Crippen molar-refractivity contribution in [2.24, 2.45) is 5.92 Å². The lowest BCUT2D eigenvalue weighted by molar-refractivity contribution is -0.276. The summed E-state index contributed by atoms with van der Waals surface area (Å²) < 4.78 is 175. The molecule has 1 fully saturated rings. The number of carbonyl (C=O) groups is 1. The number of alkyl halides is 5. The lowest BCUT2D eigenvalue weighted by Crippen LogP contribution is -2.28. The van der Waals surface area contributed by atoms with Crippen LogP contribution >= 0.6 is 0 Å². The van der Waals surface area contributed by atoms with Crippen LogP contribution < -0.4 is 14.2 Å². The zero-order chi connectivity index (χ0) is 33.3. The summed E-state index contributed by atoms with van der Waals surface area (Å²) in [6.07, 6.45) is -8.16. The fourth-order valence-electron chi connectivity index (χ4n) is 4.07. The quantitative estimate of drug-likeness (QED) is 0.106. The Morgan fingerprint density at radius 2 is 1.27 bits per heavy atom.